The predicted octanol–water partition coefficient (Wildman–Crippen LogP) is -0.321. The minimum atomic E-state index is -0.561. The van der Waals surface area contributed by atoms with Crippen molar-refractivity contribution in [3.05, 3.63) is 21.9 Å². The molecule has 14 heavy (non-hydrogen) atoms. The van der Waals surface area contributed by atoms with Gasteiger partial charge in [0, 0.05) is 13.5 Å². The van der Waals surface area contributed by atoms with E-state index < -0.39 is 11.7 Å². The number of aromatic nitrogens is 2. The van der Waals surface area contributed by atoms with Gasteiger partial charge in [-0.3, -0.25) is 4.98 Å². The maximum Gasteiger partial charge on any atom is 0.356 e. The van der Waals surface area contributed by atoms with Gasteiger partial charge in [0.05, 0.1) is 19.4 Å². The smallest absolute Gasteiger partial charge is 0.356 e. The summed E-state index contributed by atoms with van der Waals surface area (Å²) in [4.78, 5) is 27.0. The molecule has 0 radical (unpaired) electrons. The number of aromatic amines is 2. The largest absolute Gasteiger partial charge is 0.464 e. The number of hydrogen-bond acceptors (Lipinski definition) is 4. The summed E-state index contributed by atoms with van der Waals surface area (Å²) in [6.45, 7) is 0.428. The van der Waals surface area contributed by atoms with E-state index >= 15 is 0 Å². The molecule has 0 saturated heterocycles. The molecule has 0 spiro atoms. The average molecular weight is 200 g/mol. The average Bonchev–Trinajstić information content (AvgIpc) is 2.55. The first-order valence-electron chi connectivity index (χ1n) is 4.07. The van der Waals surface area contributed by atoms with Gasteiger partial charge in [-0.25, -0.2) is 9.59 Å². The molecular weight excluding hydrogens is 188 g/mol. The van der Waals surface area contributed by atoms with Gasteiger partial charge in [-0.05, 0) is 0 Å². The molecule has 0 aliphatic rings. The molecule has 0 amide bonds. The fraction of sp³-hybridized carbons (Fsp3) is 0.500. The molecule has 0 aromatic carbocycles. The van der Waals surface area contributed by atoms with Crippen molar-refractivity contribution >= 4 is 5.97 Å². The fourth-order valence-corrected chi connectivity index (χ4v) is 1.09. The lowest BCUT2D eigenvalue weighted by Gasteiger charge is -2.00. The van der Waals surface area contributed by atoms with E-state index in [9.17, 15) is 9.59 Å². The molecule has 0 unspecified atom stereocenters. The minimum absolute atomic E-state index is 0.162. The van der Waals surface area contributed by atoms with Gasteiger partial charge in [0.1, 0.15) is 5.69 Å². The number of methoxy groups -OCH3 is 2. The zero-order chi connectivity index (χ0) is 10.6. The van der Waals surface area contributed by atoms with E-state index in [1.807, 2.05) is 0 Å². The number of hydrogen-bond donors (Lipinski definition) is 2. The first-order valence-corrected chi connectivity index (χ1v) is 4.07. The lowest BCUT2D eigenvalue weighted by atomic mass is 10.2. The van der Waals surface area contributed by atoms with Gasteiger partial charge in [-0.2, -0.15) is 0 Å². The third-order valence-electron chi connectivity index (χ3n) is 1.75. The number of nitrogens with one attached hydrogen (secondary N) is 2. The van der Waals surface area contributed by atoms with Crippen LogP contribution in [-0.4, -0.2) is 36.8 Å². The molecule has 1 aromatic heterocycles. The number of H-pyrrole nitrogens is 2. The molecular formula is C8H12N2O4. The summed E-state index contributed by atoms with van der Waals surface area (Å²) in [5.74, 6) is -0.561. The molecule has 1 heterocycles. The van der Waals surface area contributed by atoms with E-state index in [2.05, 4.69) is 14.7 Å². The molecule has 0 fully saturated rings. The molecule has 1 aromatic rings. The highest BCUT2D eigenvalue weighted by Gasteiger charge is 2.14. The number of carbonyl (C=O) groups excluding carboxylic acids is 1. The van der Waals surface area contributed by atoms with Gasteiger partial charge >= 0.3 is 11.7 Å². The van der Waals surface area contributed by atoms with Crippen molar-refractivity contribution in [3.8, 4) is 0 Å². The Morgan fingerprint density at radius 2 is 2.07 bits per heavy atom. The summed E-state index contributed by atoms with van der Waals surface area (Å²) in [5, 5.41) is 0. The first-order chi connectivity index (χ1) is 6.69. The monoisotopic (exact) mass is 200 g/mol. The molecule has 0 bridgehead atoms. The van der Waals surface area contributed by atoms with Crippen LogP contribution in [0.15, 0.2) is 4.79 Å². The topological polar surface area (TPSA) is 84.2 Å². The Morgan fingerprint density at radius 3 is 2.64 bits per heavy atom. The van der Waals surface area contributed by atoms with Crippen LogP contribution in [0.1, 0.15) is 16.2 Å². The maximum atomic E-state index is 11.2. The van der Waals surface area contributed by atoms with Crippen LogP contribution in [0.4, 0.5) is 0 Å². The number of esters is 1. The number of carbonyl (C=O) groups is 1. The summed E-state index contributed by atoms with van der Waals surface area (Å²) >= 11 is 0. The number of rotatable bonds is 4. The zero-order valence-corrected chi connectivity index (χ0v) is 8.05. The van der Waals surface area contributed by atoms with Gasteiger partial charge in [-0.15, -0.1) is 0 Å². The fourth-order valence-electron chi connectivity index (χ4n) is 1.09. The summed E-state index contributed by atoms with van der Waals surface area (Å²) in [6.07, 6.45) is 0.458. The van der Waals surface area contributed by atoms with Gasteiger partial charge in [-0.1, -0.05) is 0 Å². The quantitative estimate of drug-likeness (QED) is 0.652. The second kappa shape index (κ2) is 4.61. The molecule has 0 saturated carbocycles. The van der Waals surface area contributed by atoms with Crippen molar-refractivity contribution in [2.24, 2.45) is 0 Å². The SMILES string of the molecule is COCCc1[nH]c(=O)[nH]c1C(=O)OC. The Labute approximate surface area is 80.2 Å². The Bertz CT molecular complexity index is 366. The van der Waals surface area contributed by atoms with Crippen molar-refractivity contribution in [1.29, 1.82) is 0 Å². The number of imidazole rings is 1. The number of ether oxygens (including phenoxy) is 2. The van der Waals surface area contributed by atoms with Crippen LogP contribution >= 0.6 is 0 Å². The van der Waals surface area contributed by atoms with E-state index in [1.165, 1.54) is 7.11 Å². The standard InChI is InChI=1S/C8H12N2O4/c1-13-4-3-5-6(7(11)14-2)10-8(12)9-5/h3-4H2,1-2H3,(H2,9,10,12). The van der Waals surface area contributed by atoms with Crippen molar-refractivity contribution in [2.75, 3.05) is 20.8 Å². The first kappa shape index (κ1) is 10.5. The Balaban J connectivity index is 2.91. The second-order valence-corrected chi connectivity index (χ2v) is 2.67. The highest BCUT2D eigenvalue weighted by molar-refractivity contribution is 5.88. The Morgan fingerprint density at radius 1 is 1.36 bits per heavy atom. The van der Waals surface area contributed by atoms with Gasteiger partial charge in [0.25, 0.3) is 0 Å². The van der Waals surface area contributed by atoms with Crippen LogP contribution in [0.2, 0.25) is 0 Å². The summed E-state index contributed by atoms with van der Waals surface area (Å²) in [6, 6.07) is 0. The molecule has 78 valence electrons. The summed E-state index contributed by atoms with van der Waals surface area (Å²) in [5.41, 5.74) is 0.245. The third-order valence-corrected chi connectivity index (χ3v) is 1.75. The van der Waals surface area contributed by atoms with Gasteiger partial charge < -0.3 is 14.5 Å². The van der Waals surface area contributed by atoms with Crippen LogP contribution in [0.3, 0.4) is 0 Å². The Kier molecular flexibility index (Phi) is 3.47. The molecule has 0 atom stereocenters. The van der Waals surface area contributed by atoms with Gasteiger partial charge in [0.2, 0.25) is 0 Å². The predicted molar refractivity (Wildman–Crippen MR) is 48.3 cm³/mol. The van der Waals surface area contributed by atoms with Gasteiger partial charge in [0.15, 0.2) is 0 Å². The molecule has 0 aliphatic carbocycles. The summed E-state index contributed by atoms with van der Waals surface area (Å²) < 4.78 is 9.34. The van der Waals surface area contributed by atoms with E-state index in [0.717, 1.165) is 0 Å². The van der Waals surface area contributed by atoms with E-state index in [4.69, 9.17) is 4.74 Å². The van der Waals surface area contributed by atoms with Crippen molar-refractivity contribution in [1.82, 2.24) is 9.97 Å². The van der Waals surface area contributed by atoms with Crippen molar-refractivity contribution < 1.29 is 14.3 Å². The third kappa shape index (κ3) is 2.23. The van der Waals surface area contributed by atoms with Crippen molar-refractivity contribution in [3.63, 3.8) is 0 Å². The van der Waals surface area contributed by atoms with Crippen LogP contribution in [0, 0.1) is 0 Å². The van der Waals surface area contributed by atoms with E-state index in [1.54, 1.807) is 7.11 Å². The van der Waals surface area contributed by atoms with Crippen LogP contribution in [-0.2, 0) is 15.9 Å². The minimum Gasteiger partial charge on any atom is -0.464 e. The highest BCUT2D eigenvalue weighted by atomic mass is 16.5. The highest BCUT2D eigenvalue weighted by Crippen LogP contribution is 2.02. The van der Waals surface area contributed by atoms with E-state index in [-0.39, 0.29) is 5.69 Å². The van der Waals surface area contributed by atoms with Crippen LogP contribution in [0.25, 0.3) is 0 Å². The zero-order valence-electron chi connectivity index (χ0n) is 8.05. The van der Waals surface area contributed by atoms with Crippen molar-refractivity contribution in [2.45, 2.75) is 6.42 Å². The lowest BCUT2D eigenvalue weighted by Crippen LogP contribution is -2.07. The normalized spacial score (nSPS) is 10.1. The molecule has 0 aliphatic heterocycles. The molecule has 1 rings (SSSR count). The summed E-state index contributed by atoms with van der Waals surface area (Å²) in [7, 11) is 2.80. The van der Waals surface area contributed by atoms with E-state index in [0.29, 0.717) is 18.7 Å². The Hall–Kier alpha value is -1.56. The molecule has 6 nitrogen and oxygen atoms in total. The van der Waals surface area contributed by atoms with Crippen LogP contribution in [0.5, 0.6) is 0 Å². The molecule has 2 N–H and O–H groups in total. The molecule has 6 heteroatoms. The maximum absolute atomic E-state index is 11.2. The second-order valence-electron chi connectivity index (χ2n) is 2.67. The van der Waals surface area contributed by atoms with Crippen LogP contribution < -0.4 is 5.69 Å². The lowest BCUT2D eigenvalue weighted by molar-refractivity contribution is 0.0592.